The number of carbonyl (C=O) groups is 3. The average Bonchev–Trinajstić information content (AvgIpc) is 3.59. The van der Waals surface area contributed by atoms with Gasteiger partial charge in [0.15, 0.2) is 0 Å². The second-order valence-electron chi connectivity index (χ2n) is 11.8. The van der Waals surface area contributed by atoms with Crippen LogP contribution in [0.15, 0.2) is 48.5 Å². The molecule has 0 saturated heterocycles. The Labute approximate surface area is 256 Å². The van der Waals surface area contributed by atoms with Gasteiger partial charge < -0.3 is 25.6 Å². The van der Waals surface area contributed by atoms with Gasteiger partial charge in [-0.2, -0.15) is 0 Å². The van der Waals surface area contributed by atoms with Crippen molar-refractivity contribution in [1.29, 1.82) is 0 Å². The van der Waals surface area contributed by atoms with E-state index in [0.29, 0.717) is 19.3 Å². The smallest absolute Gasteiger partial charge is 0.405 e. The molecule has 236 valence electrons. The summed E-state index contributed by atoms with van der Waals surface area (Å²) in [5, 5.41) is 11.2. The lowest BCUT2D eigenvalue weighted by molar-refractivity contribution is -0.151. The Morgan fingerprint density at radius 1 is 0.721 bits per heavy atom. The van der Waals surface area contributed by atoms with Crippen molar-refractivity contribution in [1.82, 2.24) is 5.32 Å². The van der Waals surface area contributed by atoms with E-state index in [0.717, 1.165) is 57.8 Å². The van der Waals surface area contributed by atoms with Crippen molar-refractivity contribution < 1.29 is 29.0 Å². The fourth-order valence-corrected chi connectivity index (χ4v) is 5.78. The molecule has 0 aliphatic heterocycles. The normalized spacial score (nSPS) is 15.4. The predicted molar refractivity (Wildman–Crippen MR) is 168 cm³/mol. The van der Waals surface area contributed by atoms with E-state index in [2.05, 4.69) is 31.3 Å². The molecule has 0 radical (unpaired) electrons. The monoisotopic (exact) mass is 594 g/mol. The second kappa shape index (κ2) is 18.3. The van der Waals surface area contributed by atoms with Gasteiger partial charge in [0.25, 0.3) is 0 Å². The van der Waals surface area contributed by atoms with Gasteiger partial charge in [-0.15, -0.1) is 0 Å². The van der Waals surface area contributed by atoms with Crippen LogP contribution in [0.5, 0.6) is 0 Å². The van der Waals surface area contributed by atoms with E-state index >= 15 is 0 Å². The minimum Gasteiger partial charge on any atom is -0.465 e. The van der Waals surface area contributed by atoms with Crippen LogP contribution in [0.1, 0.15) is 100 Å². The molecule has 2 atom stereocenters. The number of benzene rings is 2. The molecular formula is C35H50N2O6. The molecule has 2 aliphatic rings. The molecule has 0 saturated carbocycles. The van der Waals surface area contributed by atoms with Crippen LogP contribution in [-0.4, -0.2) is 47.4 Å². The number of carbonyl (C=O) groups excluding carboxylic acids is 2. The highest BCUT2D eigenvalue weighted by Crippen LogP contribution is 2.25. The number of esters is 2. The first-order chi connectivity index (χ1) is 20.8. The molecular weight excluding hydrogens is 544 g/mol. The Hall–Kier alpha value is -3.39. The minimum absolute atomic E-state index is 0.0263. The van der Waals surface area contributed by atoms with Crippen molar-refractivity contribution in [2.45, 2.75) is 128 Å². The molecule has 1 amide bonds. The zero-order valence-electron chi connectivity index (χ0n) is 25.9. The van der Waals surface area contributed by atoms with Crippen molar-refractivity contribution in [3.63, 3.8) is 0 Å². The molecule has 0 spiro atoms. The molecule has 2 unspecified atom stereocenters. The maximum Gasteiger partial charge on any atom is 0.405 e. The summed E-state index contributed by atoms with van der Waals surface area (Å²) in [6.45, 7) is 4.28. The van der Waals surface area contributed by atoms with Gasteiger partial charge in [-0.3, -0.25) is 4.79 Å². The number of hydrogen-bond acceptors (Lipinski definition) is 6. The lowest BCUT2D eigenvalue weighted by Gasteiger charge is -2.19. The molecule has 0 heterocycles. The summed E-state index contributed by atoms with van der Waals surface area (Å²) in [5.74, 6) is -0.694. The SMILES string of the molecule is CCCCCCC(N)C(=O)OC1Cc2ccccc2C1.CCCCCCC(NC(=O)O)C(=O)OC1Cc2ccccc2C1. The van der Waals surface area contributed by atoms with Crippen LogP contribution in [0.3, 0.4) is 0 Å². The summed E-state index contributed by atoms with van der Waals surface area (Å²) in [6, 6.07) is 15.1. The fourth-order valence-electron chi connectivity index (χ4n) is 5.78. The zero-order valence-corrected chi connectivity index (χ0v) is 25.9. The standard InChI is InChI=1S/C18H25NO4.C17H25NO2/c1-2-3-4-5-10-16(19-18(21)22)17(20)23-15-11-13-8-6-7-9-14(13)12-15;1-2-3-4-5-10-16(18)17(19)20-15-11-13-8-6-7-9-14(13)12-15/h6-9,15-16,19H,2-5,10-12H2,1H3,(H,21,22);6-9,15-16H,2-5,10-12,18H2,1H3. The Balaban J connectivity index is 0.000000238. The first-order valence-corrected chi connectivity index (χ1v) is 16.1. The minimum atomic E-state index is -1.18. The second-order valence-corrected chi connectivity index (χ2v) is 11.8. The van der Waals surface area contributed by atoms with Gasteiger partial charge >= 0.3 is 18.0 Å². The maximum atomic E-state index is 12.3. The summed E-state index contributed by atoms with van der Waals surface area (Å²) in [4.78, 5) is 35.2. The summed E-state index contributed by atoms with van der Waals surface area (Å²) in [6.07, 6.45) is 11.4. The van der Waals surface area contributed by atoms with Gasteiger partial charge in [0.1, 0.15) is 24.3 Å². The largest absolute Gasteiger partial charge is 0.465 e. The molecule has 0 bridgehead atoms. The highest BCUT2D eigenvalue weighted by Gasteiger charge is 2.29. The number of nitrogens with one attached hydrogen (secondary N) is 1. The van der Waals surface area contributed by atoms with Gasteiger partial charge in [-0.1, -0.05) is 114 Å². The highest BCUT2D eigenvalue weighted by atomic mass is 16.5. The molecule has 2 aromatic carbocycles. The summed E-state index contributed by atoms with van der Waals surface area (Å²) < 4.78 is 11.1. The number of ether oxygens (including phenoxy) is 2. The van der Waals surface area contributed by atoms with Crippen LogP contribution in [0.25, 0.3) is 0 Å². The maximum absolute atomic E-state index is 12.3. The third-order valence-corrected chi connectivity index (χ3v) is 8.19. The predicted octanol–water partition coefficient (Wildman–Crippen LogP) is 6.30. The van der Waals surface area contributed by atoms with Crippen molar-refractivity contribution in [3.05, 3.63) is 70.8 Å². The summed E-state index contributed by atoms with van der Waals surface area (Å²) >= 11 is 0. The van der Waals surface area contributed by atoms with Crippen LogP contribution in [0.2, 0.25) is 0 Å². The van der Waals surface area contributed by atoms with E-state index in [1.807, 2.05) is 36.4 Å². The Morgan fingerprint density at radius 3 is 1.56 bits per heavy atom. The lowest BCUT2D eigenvalue weighted by atomic mass is 10.1. The van der Waals surface area contributed by atoms with E-state index in [9.17, 15) is 14.4 Å². The van der Waals surface area contributed by atoms with Crippen LogP contribution in [0.4, 0.5) is 4.79 Å². The number of amides is 1. The summed E-state index contributed by atoms with van der Waals surface area (Å²) in [7, 11) is 0. The Morgan fingerprint density at radius 2 is 1.14 bits per heavy atom. The van der Waals surface area contributed by atoms with Gasteiger partial charge in [0.2, 0.25) is 0 Å². The quantitative estimate of drug-likeness (QED) is 0.163. The molecule has 4 N–H and O–H groups in total. The zero-order chi connectivity index (χ0) is 31.0. The van der Waals surface area contributed by atoms with E-state index in [4.69, 9.17) is 20.3 Å². The van der Waals surface area contributed by atoms with Gasteiger partial charge in [0.05, 0.1) is 0 Å². The number of hydrogen-bond donors (Lipinski definition) is 3. The highest BCUT2D eigenvalue weighted by molar-refractivity contribution is 5.81. The van der Waals surface area contributed by atoms with Crippen LogP contribution in [0, 0.1) is 0 Å². The number of unbranched alkanes of at least 4 members (excludes halogenated alkanes) is 6. The lowest BCUT2D eigenvalue weighted by Crippen LogP contribution is -2.42. The van der Waals surface area contributed by atoms with E-state index < -0.39 is 24.1 Å². The van der Waals surface area contributed by atoms with Gasteiger partial charge in [-0.25, -0.2) is 9.59 Å². The summed E-state index contributed by atoms with van der Waals surface area (Å²) in [5.41, 5.74) is 10.9. The fraction of sp³-hybridized carbons (Fsp3) is 0.571. The molecule has 0 aromatic heterocycles. The third kappa shape index (κ3) is 11.7. The van der Waals surface area contributed by atoms with Crippen molar-refractivity contribution >= 4 is 18.0 Å². The van der Waals surface area contributed by atoms with Gasteiger partial charge in [-0.05, 0) is 35.1 Å². The molecule has 0 fully saturated rings. The topological polar surface area (TPSA) is 128 Å². The molecule has 43 heavy (non-hydrogen) atoms. The molecule has 2 aliphatic carbocycles. The third-order valence-electron chi connectivity index (χ3n) is 8.19. The van der Waals surface area contributed by atoms with Crippen LogP contribution in [-0.2, 0) is 44.7 Å². The molecule has 2 aromatic rings. The van der Waals surface area contributed by atoms with Crippen molar-refractivity contribution in [2.75, 3.05) is 0 Å². The van der Waals surface area contributed by atoms with E-state index in [-0.39, 0.29) is 18.2 Å². The molecule has 8 nitrogen and oxygen atoms in total. The number of carboxylic acid groups (broad SMARTS) is 1. The number of rotatable bonds is 15. The number of nitrogens with two attached hydrogens (primary N) is 1. The van der Waals surface area contributed by atoms with Gasteiger partial charge in [0, 0.05) is 25.7 Å². The first-order valence-electron chi connectivity index (χ1n) is 16.1. The Kier molecular flexibility index (Phi) is 14.5. The number of fused-ring (bicyclic) bond motifs is 2. The van der Waals surface area contributed by atoms with Crippen LogP contribution < -0.4 is 11.1 Å². The molecule has 4 rings (SSSR count). The Bertz CT molecular complexity index is 1120. The van der Waals surface area contributed by atoms with Crippen molar-refractivity contribution in [3.8, 4) is 0 Å². The molecule has 8 heteroatoms. The first kappa shape index (κ1) is 34.1. The average molecular weight is 595 g/mol. The van der Waals surface area contributed by atoms with E-state index in [1.165, 1.54) is 35.1 Å². The van der Waals surface area contributed by atoms with Crippen LogP contribution >= 0.6 is 0 Å². The van der Waals surface area contributed by atoms with Crippen molar-refractivity contribution in [2.24, 2.45) is 5.73 Å². The van der Waals surface area contributed by atoms with E-state index in [1.54, 1.807) is 0 Å².